The largest absolute Gasteiger partial charge is 0.370 e. The number of aromatic nitrogens is 3. The minimum Gasteiger partial charge on any atom is -0.370 e. The number of rotatable bonds is 7. The number of carbonyl (C=O) groups is 1. The first-order valence-electron chi connectivity index (χ1n) is 10.2. The number of imidazole rings is 1. The number of H-pyrrole nitrogens is 1. The smallest absolute Gasteiger partial charge is 0.237 e. The molecule has 0 radical (unpaired) electrons. The molecule has 1 aliphatic rings. The van der Waals surface area contributed by atoms with E-state index in [0.29, 0.717) is 39.3 Å². The Labute approximate surface area is 176 Å². The second-order valence-corrected chi connectivity index (χ2v) is 7.72. The van der Waals surface area contributed by atoms with Gasteiger partial charge in [-0.3, -0.25) is 14.7 Å². The number of amides is 1. The zero-order valence-corrected chi connectivity index (χ0v) is 17.2. The highest BCUT2D eigenvalue weighted by Gasteiger charge is 2.28. The zero-order valence-electron chi connectivity index (χ0n) is 17.2. The average molecular weight is 406 g/mol. The molecule has 30 heavy (non-hydrogen) atoms. The molecule has 1 saturated heterocycles. The van der Waals surface area contributed by atoms with Crippen LogP contribution in [0.1, 0.15) is 22.6 Å². The maximum Gasteiger partial charge on any atom is 0.237 e. The number of nitrogens with one attached hydrogen (secondary N) is 1. The number of nitrogens with zero attached hydrogens (tertiary/aromatic N) is 4. The Hall–Kier alpha value is -3.03. The van der Waals surface area contributed by atoms with Gasteiger partial charge in [0.2, 0.25) is 5.91 Å². The summed E-state index contributed by atoms with van der Waals surface area (Å²) in [6, 6.07) is 14.0. The van der Waals surface area contributed by atoms with E-state index in [0.717, 1.165) is 22.6 Å². The SMILES string of the molecule is Cc1ncc(CN2CC(=O)N(Cc3cccnc3)CC(OCc3ccccc3)C2)[nH]1. The first-order valence-corrected chi connectivity index (χ1v) is 10.2. The molecule has 2 aromatic heterocycles. The summed E-state index contributed by atoms with van der Waals surface area (Å²) in [7, 11) is 0. The van der Waals surface area contributed by atoms with Gasteiger partial charge >= 0.3 is 0 Å². The molecule has 4 rings (SSSR count). The third-order valence-corrected chi connectivity index (χ3v) is 5.17. The summed E-state index contributed by atoms with van der Waals surface area (Å²) in [5.74, 6) is 0.974. The lowest BCUT2D eigenvalue weighted by Crippen LogP contribution is -2.37. The van der Waals surface area contributed by atoms with Crippen LogP contribution in [0.15, 0.2) is 61.1 Å². The minimum absolute atomic E-state index is 0.0858. The van der Waals surface area contributed by atoms with Gasteiger partial charge in [0.05, 0.1) is 19.3 Å². The Morgan fingerprint density at radius 1 is 1.07 bits per heavy atom. The summed E-state index contributed by atoms with van der Waals surface area (Å²) in [6.07, 6.45) is 5.30. The molecule has 1 aromatic carbocycles. The molecule has 0 saturated carbocycles. The number of benzene rings is 1. The minimum atomic E-state index is -0.0858. The number of aromatic amines is 1. The fourth-order valence-electron chi connectivity index (χ4n) is 3.72. The van der Waals surface area contributed by atoms with E-state index in [1.165, 1.54) is 0 Å². The van der Waals surface area contributed by atoms with Crippen LogP contribution in [0, 0.1) is 6.92 Å². The number of ether oxygens (including phenoxy) is 1. The monoisotopic (exact) mass is 405 g/mol. The Balaban J connectivity index is 1.48. The molecule has 7 nitrogen and oxygen atoms in total. The number of hydrogen-bond acceptors (Lipinski definition) is 5. The van der Waals surface area contributed by atoms with Gasteiger partial charge in [0.1, 0.15) is 5.82 Å². The molecule has 1 atom stereocenters. The van der Waals surface area contributed by atoms with Crippen molar-refractivity contribution in [2.24, 2.45) is 0 Å². The maximum atomic E-state index is 13.0. The van der Waals surface area contributed by atoms with Crippen molar-refractivity contribution in [2.45, 2.75) is 32.7 Å². The standard InChI is InChI=1S/C23H27N5O2/c1-18-25-11-21(26-18)13-27-14-22(30-17-19-6-3-2-4-7-19)15-28(23(29)16-27)12-20-8-5-9-24-10-20/h2-11,22H,12-17H2,1H3,(H,25,26). The third kappa shape index (κ3) is 5.52. The highest BCUT2D eigenvalue weighted by atomic mass is 16.5. The van der Waals surface area contributed by atoms with Crippen molar-refractivity contribution in [1.29, 1.82) is 0 Å². The molecule has 3 heterocycles. The molecular weight excluding hydrogens is 378 g/mol. The van der Waals surface area contributed by atoms with Crippen molar-refractivity contribution >= 4 is 5.91 Å². The van der Waals surface area contributed by atoms with E-state index in [9.17, 15) is 4.79 Å². The van der Waals surface area contributed by atoms with Crippen molar-refractivity contribution in [1.82, 2.24) is 24.8 Å². The van der Waals surface area contributed by atoms with Crippen molar-refractivity contribution in [3.05, 3.63) is 83.7 Å². The molecule has 0 aliphatic carbocycles. The Bertz CT molecular complexity index is 944. The number of hydrogen-bond donors (Lipinski definition) is 1. The average Bonchev–Trinajstić information content (AvgIpc) is 3.10. The Morgan fingerprint density at radius 3 is 2.63 bits per heavy atom. The molecule has 1 N–H and O–H groups in total. The number of aryl methyl sites for hydroxylation is 1. The second kappa shape index (κ2) is 9.65. The van der Waals surface area contributed by atoms with Gasteiger partial charge in [0.15, 0.2) is 0 Å². The lowest BCUT2D eigenvalue weighted by atomic mass is 10.2. The van der Waals surface area contributed by atoms with Crippen molar-refractivity contribution in [3.63, 3.8) is 0 Å². The Kier molecular flexibility index (Phi) is 6.51. The predicted octanol–water partition coefficient (Wildman–Crippen LogP) is 2.54. The van der Waals surface area contributed by atoms with E-state index >= 15 is 0 Å². The number of carbonyl (C=O) groups excluding carboxylic acids is 1. The van der Waals surface area contributed by atoms with E-state index in [2.05, 4.69) is 32.0 Å². The highest BCUT2D eigenvalue weighted by Crippen LogP contribution is 2.15. The predicted molar refractivity (Wildman–Crippen MR) is 113 cm³/mol. The van der Waals surface area contributed by atoms with Gasteiger partial charge in [-0.2, -0.15) is 0 Å². The van der Waals surface area contributed by atoms with Crippen LogP contribution in [-0.2, 0) is 29.2 Å². The van der Waals surface area contributed by atoms with E-state index in [4.69, 9.17) is 4.74 Å². The van der Waals surface area contributed by atoms with Crippen molar-refractivity contribution in [2.75, 3.05) is 19.6 Å². The highest BCUT2D eigenvalue weighted by molar-refractivity contribution is 5.78. The van der Waals surface area contributed by atoms with Gasteiger partial charge in [0.25, 0.3) is 0 Å². The summed E-state index contributed by atoms with van der Waals surface area (Å²) in [6.45, 7) is 5.21. The fourth-order valence-corrected chi connectivity index (χ4v) is 3.72. The molecule has 1 unspecified atom stereocenters. The summed E-state index contributed by atoms with van der Waals surface area (Å²) in [4.78, 5) is 28.7. The fraction of sp³-hybridized carbons (Fsp3) is 0.348. The number of pyridine rings is 1. The van der Waals surface area contributed by atoms with Crippen molar-refractivity contribution < 1.29 is 9.53 Å². The van der Waals surface area contributed by atoms with E-state index in [-0.39, 0.29) is 12.0 Å². The van der Waals surface area contributed by atoms with Crippen LogP contribution < -0.4 is 0 Å². The van der Waals surface area contributed by atoms with Gasteiger partial charge in [-0.1, -0.05) is 36.4 Å². The normalized spacial score (nSPS) is 17.8. The Morgan fingerprint density at radius 2 is 1.90 bits per heavy atom. The van der Waals surface area contributed by atoms with Crippen LogP contribution in [0.4, 0.5) is 0 Å². The lowest BCUT2D eigenvalue weighted by Gasteiger charge is -2.25. The topological polar surface area (TPSA) is 74.3 Å². The van der Waals surface area contributed by atoms with Gasteiger partial charge in [-0.15, -0.1) is 0 Å². The molecule has 0 spiro atoms. The summed E-state index contributed by atoms with van der Waals surface area (Å²) in [5.41, 5.74) is 3.15. The second-order valence-electron chi connectivity index (χ2n) is 7.72. The molecule has 7 heteroatoms. The quantitative estimate of drug-likeness (QED) is 0.654. The molecular formula is C23H27N5O2. The van der Waals surface area contributed by atoms with E-state index in [1.807, 2.05) is 54.5 Å². The van der Waals surface area contributed by atoms with Gasteiger partial charge in [-0.25, -0.2) is 4.98 Å². The molecule has 1 aliphatic heterocycles. The first kappa shape index (κ1) is 20.3. The van der Waals surface area contributed by atoms with Gasteiger partial charge < -0.3 is 14.6 Å². The molecule has 0 bridgehead atoms. The first-order chi connectivity index (χ1) is 14.7. The van der Waals surface area contributed by atoms with Gasteiger partial charge in [0, 0.05) is 50.5 Å². The van der Waals surface area contributed by atoms with Crippen molar-refractivity contribution in [3.8, 4) is 0 Å². The van der Waals surface area contributed by atoms with E-state index in [1.54, 1.807) is 6.20 Å². The van der Waals surface area contributed by atoms with Crippen LogP contribution in [0.5, 0.6) is 0 Å². The third-order valence-electron chi connectivity index (χ3n) is 5.17. The van der Waals surface area contributed by atoms with Gasteiger partial charge in [-0.05, 0) is 24.1 Å². The zero-order chi connectivity index (χ0) is 20.8. The molecule has 156 valence electrons. The molecule has 1 amide bonds. The van der Waals surface area contributed by atoms with Crippen LogP contribution in [0.3, 0.4) is 0 Å². The lowest BCUT2D eigenvalue weighted by molar-refractivity contribution is -0.132. The van der Waals surface area contributed by atoms with Crippen LogP contribution in [0.2, 0.25) is 0 Å². The van der Waals surface area contributed by atoms with Crippen LogP contribution in [0.25, 0.3) is 0 Å². The van der Waals surface area contributed by atoms with E-state index < -0.39 is 0 Å². The maximum absolute atomic E-state index is 13.0. The van der Waals surface area contributed by atoms with Crippen LogP contribution in [-0.4, -0.2) is 56.4 Å². The summed E-state index contributed by atoms with van der Waals surface area (Å²) < 4.78 is 6.26. The van der Waals surface area contributed by atoms with Crippen LogP contribution >= 0.6 is 0 Å². The molecule has 1 fully saturated rings. The summed E-state index contributed by atoms with van der Waals surface area (Å²) in [5, 5.41) is 0. The summed E-state index contributed by atoms with van der Waals surface area (Å²) >= 11 is 0. The molecule has 3 aromatic rings.